The molecule has 2 aromatic rings. The van der Waals surface area contributed by atoms with Crippen LogP contribution in [0.4, 0.5) is 5.69 Å². The molecule has 3 N–H and O–H groups in total. The number of aromatic nitrogens is 1. The van der Waals surface area contributed by atoms with Crippen molar-refractivity contribution in [2.75, 3.05) is 25.0 Å². The molecule has 0 spiro atoms. The first kappa shape index (κ1) is 25.1. The summed E-state index contributed by atoms with van der Waals surface area (Å²) in [6.45, 7) is 1.34. The first-order valence-corrected chi connectivity index (χ1v) is 13.2. The molecule has 0 saturated heterocycles. The summed E-state index contributed by atoms with van der Waals surface area (Å²) in [6, 6.07) is 12.1. The second-order valence-corrected chi connectivity index (χ2v) is 10.2. The third-order valence-corrected chi connectivity index (χ3v) is 7.41. The molecule has 1 saturated carbocycles. The minimum Gasteiger partial charge on any atom is -0.370 e. The fourth-order valence-corrected chi connectivity index (χ4v) is 5.16. The molecule has 1 fully saturated rings. The quantitative estimate of drug-likeness (QED) is 0.207. The Hall–Kier alpha value is -2.49. The van der Waals surface area contributed by atoms with Crippen molar-refractivity contribution in [2.45, 2.75) is 56.3 Å². The molecule has 0 bridgehead atoms. The third-order valence-electron chi connectivity index (χ3n) is 5.72. The number of hydroxylamine groups is 1. The minimum atomic E-state index is -3.69. The summed E-state index contributed by atoms with van der Waals surface area (Å²) in [5.74, 6) is 0.780. The van der Waals surface area contributed by atoms with Crippen LogP contribution in [0.2, 0.25) is 0 Å². The molecule has 9 heteroatoms. The van der Waals surface area contributed by atoms with E-state index in [9.17, 15) is 8.42 Å². The lowest BCUT2D eigenvalue weighted by molar-refractivity contribution is -0.103. The number of hydrogen-bond acceptors (Lipinski definition) is 5. The number of hydrogen-bond donors (Lipinski definition) is 2. The van der Waals surface area contributed by atoms with Crippen LogP contribution in [0.3, 0.4) is 0 Å². The van der Waals surface area contributed by atoms with Gasteiger partial charge in [0.1, 0.15) is 0 Å². The lowest BCUT2D eigenvalue weighted by atomic mass is 9.90. The van der Waals surface area contributed by atoms with Crippen LogP contribution in [-0.2, 0) is 14.9 Å². The van der Waals surface area contributed by atoms with Crippen molar-refractivity contribution in [1.82, 2.24) is 9.45 Å². The molecule has 33 heavy (non-hydrogen) atoms. The maximum absolute atomic E-state index is 13.1. The van der Waals surface area contributed by atoms with E-state index in [1.807, 2.05) is 18.2 Å². The second-order valence-electron chi connectivity index (χ2n) is 8.33. The SMILES string of the molecule is NC(=NCCCCCN(OCC1CCCCC1)S(=O)(=O)c1ccccc1)Nc1ccncc1. The number of pyridine rings is 1. The molecule has 0 unspecified atom stereocenters. The topological polar surface area (TPSA) is 110 Å². The van der Waals surface area contributed by atoms with E-state index >= 15 is 0 Å². The van der Waals surface area contributed by atoms with Crippen molar-refractivity contribution in [2.24, 2.45) is 16.6 Å². The molecule has 8 nitrogen and oxygen atoms in total. The Morgan fingerprint density at radius 1 is 1.06 bits per heavy atom. The first-order valence-electron chi connectivity index (χ1n) is 11.7. The van der Waals surface area contributed by atoms with E-state index < -0.39 is 10.0 Å². The molecule has 1 aromatic heterocycles. The number of benzene rings is 1. The number of sulfonamides is 1. The molecule has 1 heterocycles. The van der Waals surface area contributed by atoms with Crippen LogP contribution in [-0.4, -0.2) is 43.5 Å². The van der Waals surface area contributed by atoms with E-state index in [2.05, 4.69) is 15.3 Å². The van der Waals surface area contributed by atoms with Crippen LogP contribution in [0, 0.1) is 5.92 Å². The highest BCUT2D eigenvalue weighted by Crippen LogP contribution is 2.25. The van der Waals surface area contributed by atoms with Crippen LogP contribution in [0.25, 0.3) is 0 Å². The van der Waals surface area contributed by atoms with Crippen LogP contribution >= 0.6 is 0 Å². The third kappa shape index (κ3) is 8.42. The van der Waals surface area contributed by atoms with Gasteiger partial charge < -0.3 is 11.1 Å². The van der Waals surface area contributed by atoms with E-state index in [4.69, 9.17) is 10.6 Å². The van der Waals surface area contributed by atoms with E-state index in [0.29, 0.717) is 38.0 Å². The maximum atomic E-state index is 13.1. The molecule has 3 rings (SSSR count). The van der Waals surface area contributed by atoms with Gasteiger partial charge in [0.2, 0.25) is 0 Å². The monoisotopic (exact) mass is 473 g/mol. The number of anilines is 1. The second kappa shape index (κ2) is 13.3. The van der Waals surface area contributed by atoms with Gasteiger partial charge in [-0.15, -0.1) is 0 Å². The molecule has 0 aliphatic heterocycles. The Balaban J connectivity index is 1.48. The molecular formula is C24H35N5O3S. The van der Waals surface area contributed by atoms with Crippen molar-refractivity contribution in [3.8, 4) is 0 Å². The Bertz CT molecular complexity index is 949. The molecular weight excluding hydrogens is 438 g/mol. The van der Waals surface area contributed by atoms with Gasteiger partial charge in [0, 0.05) is 31.2 Å². The molecule has 0 atom stereocenters. The highest BCUT2D eigenvalue weighted by atomic mass is 32.2. The summed E-state index contributed by atoms with van der Waals surface area (Å²) >= 11 is 0. The van der Waals surface area contributed by atoms with Crippen molar-refractivity contribution in [3.63, 3.8) is 0 Å². The summed E-state index contributed by atoms with van der Waals surface area (Å²) < 4.78 is 27.5. The Morgan fingerprint density at radius 3 is 2.52 bits per heavy atom. The maximum Gasteiger partial charge on any atom is 0.265 e. The predicted octanol–water partition coefficient (Wildman–Crippen LogP) is 4.18. The van der Waals surface area contributed by atoms with Gasteiger partial charge in [-0.3, -0.25) is 14.8 Å². The first-order chi connectivity index (χ1) is 16.1. The summed E-state index contributed by atoms with van der Waals surface area (Å²) in [7, 11) is -3.69. The van der Waals surface area contributed by atoms with Crippen molar-refractivity contribution >= 4 is 21.7 Å². The standard InChI is InChI=1S/C24H35N5O3S/c25-24(28-22-14-17-26-18-15-22)27-16-8-3-9-19-29(32-20-21-10-4-1-5-11-21)33(30,31)23-12-6-2-7-13-23/h2,6-7,12-15,17-18,21H,1,3-5,8-11,16,19-20H2,(H3,25,26,27,28). The Morgan fingerprint density at radius 2 is 1.79 bits per heavy atom. The van der Waals surface area contributed by atoms with Crippen molar-refractivity contribution in [3.05, 3.63) is 54.9 Å². The summed E-state index contributed by atoms with van der Waals surface area (Å²) in [5.41, 5.74) is 6.75. The zero-order chi connectivity index (χ0) is 23.4. The summed E-state index contributed by atoms with van der Waals surface area (Å²) in [5, 5.41) is 3.02. The van der Waals surface area contributed by atoms with Crippen molar-refractivity contribution < 1.29 is 13.3 Å². The van der Waals surface area contributed by atoms with Crippen LogP contribution in [0.15, 0.2) is 64.7 Å². The van der Waals surface area contributed by atoms with Gasteiger partial charge in [0.15, 0.2) is 5.96 Å². The summed E-state index contributed by atoms with van der Waals surface area (Å²) in [6.07, 6.45) is 11.5. The fraction of sp³-hybridized carbons (Fsp3) is 0.500. The van der Waals surface area contributed by atoms with E-state index in [-0.39, 0.29) is 4.90 Å². The molecule has 1 aromatic carbocycles. The van der Waals surface area contributed by atoms with E-state index in [1.165, 1.54) is 23.7 Å². The van der Waals surface area contributed by atoms with Crippen molar-refractivity contribution in [1.29, 1.82) is 0 Å². The van der Waals surface area contributed by atoms with Gasteiger partial charge >= 0.3 is 0 Å². The lowest BCUT2D eigenvalue weighted by Gasteiger charge is -2.26. The molecule has 0 radical (unpaired) electrons. The highest BCUT2D eigenvalue weighted by molar-refractivity contribution is 7.89. The largest absolute Gasteiger partial charge is 0.370 e. The van der Waals surface area contributed by atoms with Crippen LogP contribution in [0.5, 0.6) is 0 Å². The minimum absolute atomic E-state index is 0.258. The average Bonchev–Trinajstić information content (AvgIpc) is 2.84. The van der Waals surface area contributed by atoms with Gasteiger partial charge in [-0.25, -0.2) is 8.42 Å². The molecule has 1 aliphatic carbocycles. The summed E-state index contributed by atoms with van der Waals surface area (Å²) in [4.78, 5) is 14.4. The van der Waals surface area contributed by atoms with Gasteiger partial charge in [0.05, 0.1) is 11.5 Å². The molecule has 180 valence electrons. The normalized spacial score (nSPS) is 15.6. The fourth-order valence-electron chi connectivity index (χ4n) is 3.86. The number of nitrogens with two attached hydrogens (primary N) is 1. The number of nitrogens with zero attached hydrogens (tertiary/aromatic N) is 3. The Kier molecular flexibility index (Phi) is 10.1. The zero-order valence-electron chi connectivity index (χ0n) is 19.1. The number of unbranched alkanes of at least 4 members (excludes halogenated alkanes) is 2. The average molecular weight is 474 g/mol. The molecule has 0 amide bonds. The lowest BCUT2D eigenvalue weighted by Crippen LogP contribution is -2.34. The molecule has 1 aliphatic rings. The van der Waals surface area contributed by atoms with E-state index in [1.54, 1.807) is 36.7 Å². The van der Waals surface area contributed by atoms with Gasteiger partial charge in [-0.05, 0) is 55.9 Å². The number of rotatable bonds is 12. The van der Waals surface area contributed by atoms with Gasteiger partial charge in [-0.1, -0.05) is 48.4 Å². The predicted molar refractivity (Wildman–Crippen MR) is 131 cm³/mol. The van der Waals surface area contributed by atoms with E-state index in [0.717, 1.165) is 31.4 Å². The van der Waals surface area contributed by atoms with Crippen LogP contribution in [0.1, 0.15) is 51.4 Å². The zero-order valence-corrected chi connectivity index (χ0v) is 19.9. The Labute approximate surface area is 197 Å². The number of aliphatic imine (C=N–C) groups is 1. The smallest absolute Gasteiger partial charge is 0.265 e. The van der Waals surface area contributed by atoms with Gasteiger partial charge in [0.25, 0.3) is 10.0 Å². The number of guanidine groups is 1. The van der Waals surface area contributed by atoms with Gasteiger partial charge in [-0.2, -0.15) is 0 Å². The number of nitrogens with one attached hydrogen (secondary N) is 1. The highest BCUT2D eigenvalue weighted by Gasteiger charge is 2.26. The van der Waals surface area contributed by atoms with Crippen LogP contribution < -0.4 is 11.1 Å².